The predicted molar refractivity (Wildman–Crippen MR) is 152 cm³/mol. The van der Waals surface area contributed by atoms with Crippen molar-refractivity contribution in [3.8, 4) is 5.75 Å². The van der Waals surface area contributed by atoms with E-state index >= 15 is 0 Å². The molecule has 0 heterocycles. The Morgan fingerprint density at radius 3 is 1.84 bits per heavy atom. The molecule has 210 valence electrons. The first-order chi connectivity index (χ1) is 18.1. The van der Waals surface area contributed by atoms with Crippen molar-refractivity contribution >= 4 is 18.6 Å². The molecular weight excluding hydrogens is 487 g/mol. The van der Waals surface area contributed by atoms with Gasteiger partial charge in [0.15, 0.2) is 0 Å². The van der Waals surface area contributed by atoms with Crippen LogP contribution in [0.25, 0.3) is 10.8 Å². The number of phosphoric acid groups is 1. The Morgan fingerprint density at radius 2 is 1.16 bits per heavy atom. The molecule has 2 aromatic carbocycles. The number of rotatable bonds is 24. The van der Waals surface area contributed by atoms with E-state index in [9.17, 15) is 9.46 Å². The third-order valence-corrected chi connectivity index (χ3v) is 7.49. The van der Waals surface area contributed by atoms with Crippen LogP contribution in [0.1, 0.15) is 96.8 Å². The van der Waals surface area contributed by atoms with Crippen molar-refractivity contribution in [1.82, 2.24) is 0 Å². The summed E-state index contributed by atoms with van der Waals surface area (Å²) in [5, 5.41) is 2.19. The topological polar surface area (TPSA) is 74.2 Å². The van der Waals surface area contributed by atoms with Gasteiger partial charge < -0.3 is 14.4 Å². The van der Waals surface area contributed by atoms with Gasteiger partial charge in [-0.2, -0.15) is 0 Å². The van der Waals surface area contributed by atoms with Crippen molar-refractivity contribution in [2.24, 2.45) is 0 Å². The largest absolute Gasteiger partial charge is 0.491 e. The van der Waals surface area contributed by atoms with Gasteiger partial charge in [0.2, 0.25) is 0 Å². The fourth-order valence-electron chi connectivity index (χ4n) is 4.36. The lowest BCUT2D eigenvalue weighted by Gasteiger charge is -2.13. The first-order valence-corrected chi connectivity index (χ1v) is 15.9. The first kappa shape index (κ1) is 31.8. The van der Waals surface area contributed by atoms with Crippen LogP contribution in [0.3, 0.4) is 0 Å². The third-order valence-electron chi connectivity index (χ3n) is 6.47. The molecule has 0 bridgehead atoms. The minimum Gasteiger partial charge on any atom is -0.491 e. The predicted octanol–water partition coefficient (Wildman–Crippen LogP) is 8.85. The molecule has 0 aliphatic carbocycles. The van der Waals surface area contributed by atoms with E-state index in [1.165, 1.54) is 70.6 Å². The Balaban J connectivity index is 1.36. The second kappa shape index (κ2) is 20.5. The molecule has 1 atom stereocenters. The summed E-state index contributed by atoms with van der Waals surface area (Å²) < 4.78 is 33.3. The monoisotopic (exact) mass is 536 g/mol. The van der Waals surface area contributed by atoms with E-state index in [-0.39, 0.29) is 19.8 Å². The molecule has 0 fully saturated rings. The van der Waals surface area contributed by atoms with Crippen LogP contribution in [0.5, 0.6) is 5.75 Å². The van der Waals surface area contributed by atoms with Gasteiger partial charge in [-0.05, 0) is 17.9 Å². The van der Waals surface area contributed by atoms with Crippen LogP contribution in [-0.4, -0.2) is 37.9 Å². The van der Waals surface area contributed by atoms with E-state index in [0.717, 1.165) is 35.8 Å². The van der Waals surface area contributed by atoms with Crippen molar-refractivity contribution in [3.63, 3.8) is 0 Å². The zero-order valence-electron chi connectivity index (χ0n) is 22.9. The molecule has 2 rings (SSSR count). The fourth-order valence-corrected chi connectivity index (χ4v) is 5.10. The molecule has 0 aliphatic heterocycles. The summed E-state index contributed by atoms with van der Waals surface area (Å²) in [4.78, 5) is 9.80. The van der Waals surface area contributed by atoms with Crippen LogP contribution >= 0.6 is 7.82 Å². The highest BCUT2D eigenvalue weighted by Crippen LogP contribution is 2.43. The van der Waals surface area contributed by atoms with E-state index < -0.39 is 7.82 Å². The maximum absolute atomic E-state index is 12.0. The fraction of sp³-hybridized carbons (Fsp3) is 0.667. The van der Waals surface area contributed by atoms with Crippen molar-refractivity contribution in [1.29, 1.82) is 0 Å². The van der Waals surface area contributed by atoms with Gasteiger partial charge >= 0.3 is 7.82 Å². The summed E-state index contributed by atoms with van der Waals surface area (Å²) in [6.45, 7) is 3.46. The summed E-state index contributed by atoms with van der Waals surface area (Å²) in [6.07, 6.45) is 17.8. The van der Waals surface area contributed by atoms with Gasteiger partial charge in [0.25, 0.3) is 0 Å². The zero-order valence-corrected chi connectivity index (χ0v) is 23.8. The average Bonchev–Trinajstić information content (AvgIpc) is 2.90. The van der Waals surface area contributed by atoms with Gasteiger partial charge in [0.1, 0.15) is 12.4 Å². The normalized spacial score (nSPS) is 13.1. The van der Waals surface area contributed by atoms with Crippen LogP contribution in [-0.2, 0) is 18.3 Å². The minimum atomic E-state index is -4.02. The van der Waals surface area contributed by atoms with Gasteiger partial charge in [-0.25, -0.2) is 4.57 Å². The molecule has 0 saturated heterocycles. The van der Waals surface area contributed by atoms with Crippen LogP contribution < -0.4 is 4.74 Å². The van der Waals surface area contributed by atoms with Gasteiger partial charge in [-0.15, -0.1) is 0 Å². The van der Waals surface area contributed by atoms with Crippen molar-refractivity contribution in [2.45, 2.75) is 96.8 Å². The lowest BCUT2D eigenvalue weighted by molar-refractivity contribution is 0.0610. The van der Waals surface area contributed by atoms with E-state index in [1.807, 2.05) is 42.5 Å². The molecule has 6 nitrogen and oxygen atoms in total. The summed E-state index contributed by atoms with van der Waals surface area (Å²) in [6, 6.07) is 14.0. The summed E-state index contributed by atoms with van der Waals surface area (Å²) in [5.41, 5.74) is 0. The van der Waals surface area contributed by atoms with Gasteiger partial charge in [-0.3, -0.25) is 9.05 Å². The Bertz CT molecular complexity index is 869. The van der Waals surface area contributed by atoms with E-state index in [0.29, 0.717) is 13.2 Å². The molecule has 0 radical (unpaired) electrons. The molecular formula is C30H49O6P. The number of hydrogen-bond donors (Lipinski definition) is 1. The molecule has 0 aliphatic rings. The highest BCUT2D eigenvalue weighted by atomic mass is 31.2. The molecule has 1 N–H and O–H groups in total. The lowest BCUT2D eigenvalue weighted by Crippen LogP contribution is -2.11. The van der Waals surface area contributed by atoms with Gasteiger partial charge in [-0.1, -0.05) is 127 Å². The Hall–Kier alpha value is -1.43. The highest BCUT2D eigenvalue weighted by Gasteiger charge is 2.20. The number of phosphoric ester groups is 1. The minimum absolute atomic E-state index is 0.000779. The smallest absolute Gasteiger partial charge is 0.472 e. The van der Waals surface area contributed by atoms with Gasteiger partial charge in [0, 0.05) is 5.39 Å². The Morgan fingerprint density at radius 1 is 0.622 bits per heavy atom. The SMILES string of the molecule is CCCCCCCCCCCCCCCCOP(=O)(O)OCCOCCOc1cccc2ccccc12. The molecule has 0 aromatic heterocycles. The molecule has 0 amide bonds. The summed E-state index contributed by atoms with van der Waals surface area (Å²) >= 11 is 0. The van der Waals surface area contributed by atoms with Crippen molar-refractivity contribution < 1.29 is 28.0 Å². The number of unbranched alkanes of at least 4 members (excludes halogenated alkanes) is 13. The van der Waals surface area contributed by atoms with Crippen LogP contribution in [0.2, 0.25) is 0 Å². The molecule has 0 saturated carbocycles. The number of fused-ring (bicyclic) bond motifs is 1. The Kier molecular flexibility index (Phi) is 17.6. The van der Waals surface area contributed by atoms with Crippen molar-refractivity contribution in [2.75, 3.05) is 33.0 Å². The molecule has 1 unspecified atom stereocenters. The van der Waals surface area contributed by atoms with E-state index in [1.54, 1.807) is 0 Å². The standard InChI is InChI=1S/C30H49O6P/c1-2-3-4-5-6-7-8-9-10-11-12-13-14-17-23-35-37(31,32)36-27-25-33-24-26-34-30-22-18-20-28-19-15-16-21-29(28)30/h15-16,18-22H,2-14,17,23-27H2,1H3,(H,31,32). The second-order valence-electron chi connectivity index (χ2n) is 9.67. The van der Waals surface area contributed by atoms with Crippen molar-refractivity contribution in [3.05, 3.63) is 42.5 Å². The number of benzene rings is 2. The number of hydrogen-bond acceptors (Lipinski definition) is 5. The maximum atomic E-state index is 12.0. The quantitative estimate of drug-likeness (QED) is 0.107. The molecule has 37 heavy (non-hydrogen) atoms. The zero-order chi connectivity index (χ0) is 26.4. The van der Waals surface area contributed by atoms with Gasteiger partial charge in [0.05, 0.1) is 26.4 Å². The first-order valence-electron chi connectivity index (χ1n) is 14.4. The lowest BCUT2D eigenvalue weighted by atomic mass is 10.0. The van der Waals surface area contributed by atoms with E-state index in [4.69, 9.17) is 18.5 Å². The molecule has 7 heteroatoms. The molecule has 2 aromatic rings. The van der Waals surface area contributed by atoms with Crippen LogP contribution in [0.4, 0.5) is 0 Å². The highest BCUT2D eigenvalue weighted by molar-refractivity contribution is 7.47. The average molecular weight is 537 g/mol. The second-order valence-corrected chi connectivity index (χ2v) is 11.1. The summed E-state index contributed by atoms with van der Waals surface area (Å²) in [7, 11) is -4.02. The number of ether oxygens (including phenoxy) is 2. The maximum Gasteiger partial charge on any atom is 0.472 e. The molecule has 0 spiro atoms. The Labute approximate surface area is 224 Å². The van der Waals surface area contributed by atoms with E-state index in [2.05, 4.69) is 6.92 Å². The van der Waals surface area contributed by atoms with Crippen LogP contribution in [0.15, 0.2) is 42.5 Å². The third kappa shape index (κ3) is 15.5. The van der Waals surface area contributed by atoms with Crippen LogP contribution in [0, 0.1) is 0 Å². The summed E-state index contributed by atoms with van der Waals surface area (Å²) in [5.74, 6) is 0.815.